The zero-order valence-corrected chi connectivity index (χ0v) is 11.9. The summed E-state index contributed by atoms with van der Waals surface area (Å²) in [6, 6.07) is 8.61. The van der Waals surface area contributed by atoms with Gasteiger partial charge in [0, 0.05) is 44.3 Å². The van der Waals surface area contributed by atoms with E-state index in [4.69, 9.17) is 4.74 Å². The first-order valence-corrected chi connectivity index (χ1v) is 7.21. The first kappa shape index (κ1) is 13.3. The van der Waals surface area contributed by atoms with Crippen LogP contribution in [-0.2, 0) is 6.42 Å². The van der Waals surface area contributed by atoms with Gasteiger partial charge < -0.3 is 15.0 Å². The summed E-state index contributed by atoms with van der Waals surface area (Å²) in [5, 5.41) is 5.67. The molecule has 106 valence electrons. The molecule has 1 aromatic carbocycles. The van der Waals surface area contributed by atoms with Crippen LogP contribution in [0.25, 0.3) is 10.8 Å². The lowest BCUT2D eigenvalue weighted by molar-refractivity contribution is 0.244. The zero-order valence-electron chi connectivity index (χ0n) is 11.9. The Bertz CT molecular complexity index is 579. The number of aromatic nitrogens is 1. The summed E-state index contributed by atoms with van der Waals surface area (Å²) in [6.07, 6.45) is 2.87. The fourth-order valence-corrected chi connectivity index (χ4v) is 2.73. The van der Waals surface area contributed by atoms with Gasteiger partial charge in [0.1, 0.15) is 0 Å². The lowest BCUT2D eigenvalue weighted by atomic mass is 10.1. The van der Waals surface area contributed by atoms with Crippen molar-refractivity contribution < 1.29 is 4.74 Å². The summed E-state index contributed by atoms with van der Waals surface area (Å²) in [4.78, 5) is 6.79. The number of nitrogens with one attached hydrogen (secondary N) is 1. The Kier molecular flexibility index (Phi) is 4.14. The molecule has 1 fully saturated rings. The molecule has 0 atom stereocenters. The minimum absolute atomic E-state index is 0.714. The summed E-state index contributed by atoms with van der Waals surface area (Å²) in [6.45, 7) is 5.64. The number of pyridine rings is 1. The molecule has 1 aliphatic heterocycles. The van der Waals surface area contributed by atoms with Gasteiger partial charge in [-0.15, -0.1) is 0 Å². The molecule has 0 amide bonds. The molecule has 3 rings (SSSR count). The van der Waals surface area contributed by atoms with Gasteiger partial charge >= 0.3 is 0 Å². The molecule has 1 aliphatic rings. The molecule has 2 aromatic rings. The van der Waals surface area contributed by atoms with E-state index < -0.39 is 0 Å². The molecule has 0 unspecified atom stereocenters. The molecule has 0 saturated carbocycles. The molecule has 2 heterocycles. The Hall–Kier alpha value is -1.65. The number of ether oxygens (including phenoxy) is 1. The molecule has 20 heavy (non-hydrogen) atoms. The third-order valence-electron chi connectivity index (χ3n) is 3.91. The summed E-state index contributed by atoms with van der Waals surface area (Å²) < 4.78 is 5.35. The highest BCUT2D eigenvalue weighted by Crippen LogP contribution is 2.24. The topological polar surface area (TPSA) is 37.4 Å². The van der Waals surface area contributed by atoms with Crippen LogP contribution in [0.2, 0.25) is 0 Å². The highest BCUT2D eigenvalue weighted by atomic mass is 16.5. The maximum atomic E-state index is 5.35. The predicted octanol–water partition coefficient (Wildman–Crippen LogP) is 1.69. The van der Waals surface area contributed by atoms with Crippen molar-refractivity contribution >= 4 is 10.8 Å². The van der Waals surface area contributed by atoms with Crippen LogP contribution in [0, 0.1) is 0 Å². The van der Waals surface area contributed by atoms with Crippen LogP contribution in [-0.4, -0.2) is 49.7 Å². The number of hydrogen-bond donors (Lipinski definition) is 1. The monoisotopic (exact) mass is 271 g/mol. The van der Waals surface area contributed by atoms with E-state index in [1.54, 1.807) is 13.3 Å². The fourth-order valence-electron chi connectivity index (χ4n) is 2.73. The number of benzene rings is 1. The second-order valence-corrected chi connectivity index (χ2v) is 5.22. The van der Waals surface area contributed by atoms with E-state index in [1.807, 2.05) is 6.07 Å². The van der Waals surface area contributed by atoms with Crippen LogP contribution in [0.4, 0.5) is 0 Å². The average molecular weight is 271 g/mol. The summed E-state index contributed by atoms with van der Waals surface area (Å²) in [7, 11) is 1.68. The minimum Gasteiger partial charge on any atom is -0.481 e. The van der Waals surface area contributed by atoms with Crippen molar-refractivity contribution in [3.8, 4) is 5.88 Å². The molecule has 0 radical (unpaired) electrons. The second kappa shape index (κ2) is 6.20. The molecule has 1 aromatic heterocycles. The standard InChI is InChI=1S/C16H21N3O/c1-20-16-15-12-13(2-3-14(15)4-6-18-16)5-9-19-10-7-17-8-11-19/h2-4,6,12,17H,5,7-11H2,1H3. The highest BCUT2D eigenvalue weighted by molar-refractivity contribution is 5.87. The molecule has 0 spiro atoms. The fraction of sp³-hybridized carbons (Fsp3) is 0.438. The third-order valence-corrected chi connectivity index (χ3v) is 3.91. The van der Waals surface area contributed by atoms with Gasteiger partial charge in [-0.1, -0.05) is 12.1 Å². The van der Waals surface area contributed by atoms with Gasteiger partial charge in [-0.2, -0.15) is 0 Å². The Balaban J connectivity index is 1.74. The van der Waals surface area contributed by atoms with Gasteiger partial charge in [0.2, 0.25) is 5.88 Å². The van der Waals surface area contributed by atoms with E-state index >= 15 is 0 Å². The maximum Gasteiger partial charge on any atom is 0.221 e. The average Bonchev–Trinajstić information content (AvgIpc) is 2.53. The van der Waals surface area contributed by atoms with Gasteiger partial charge in [-0.3, -0.25) is 0 Å². The minimum atomic E-state index is 0.714. The molecule has 4 heteroatoms. The van der Waals surface area contributed by atoms with E-state index in [1.165, 1.54) is 10.9 Å². The van der Waals surface area contributed by atoms with Gasteiger partial charge in [0.25, 0.3) is 0 Å². The molecule has 1 saturated heterocycles. The number of nitrogens with zero attached hydrogens (tertiary/aromatic N) is 2. The van der Waals surface area contributed by atoms with E-state index in [2.05, 4.69) is 33.4 Å². The summed E-state index contributed by atoms with van der Waals surface area (Å²) in [5.41, 5.74) is 1.35. The Morgan fingerprint density at radius 3 is 2.90 bits per heavy atom. The first-order valence-electron chi connectivity index (χ1n) is 7.21. The molecule has 1 N–H and O–H groups in total. The largest absolute Gasteiger partial charge is 0.481 e. The lowest BCUT2D eigenvalue weighted by Gasteiger charge is -2.27. The van der Waals surface area contributed by atoms with Crippen molar-refractivity contribution in [2.45, 2.75) is 6.42 Å². The smallest absolute Gasteiger partial charge is 0.221 e. The number of fused-ring (bicyclic) bond motifs is 1. The summed E-state index contributed by atoms with van der Waals surface area (Å²) in [5.74, 6) is 0.714. The van der Waals surface area contributed by atoms with Crippen molar-refractivity contribution in [1.82, 2.24) is 15.2 Å². The number of piperazine rings is 1. The Morgan fingerprint density at radius 1 is 1.25 bits per heavy atom. The van der Waals surface area contributed by atoms with E-state index in [-0.39, 0.29) is 0 Å². The van der Waals surface area contributed by atoms with Crippen molar-refractivity contribution in [1.29, 1.82) is 0 Å². The quantitative estimate of drug-likeness (QED) is 0.918. The van der Waals surface area contributed by atoms with Crippen LogP contribution in [0.15, 0.2) is 30.5 Å². The molecular weight excluding hydrogens is 250 g/mol. The Labute approximate surface area is 119 Å². The second-order valence-electron chi connectivity index (χ2n) is 5.22. The van der Waals surface area contributed by atoms with Crippen LogP contribution in [0.5, 0.6) is 5.88 Å². The lowest BCUT2D eigenvalue weighted by Crippen LogP contribution is -2.44. The predicted molar refractivity (Wildman–Crippen MR) is 81.3 cm³/mol. The van der Waals surface area contributed by atoms with E-state index in [0.29, 0.717) is 5.88 Å². The third kappa shape index (κ3) is 2.92. The number of methoxy groups -OCH3 is 1. The summed E-state index contributed by atoms with van der Waals surface area (Å²) >= 11 is 0. The van der Waals surface area contributed by atoms with Gasteiger partial charge in [0.15, 0.2) is 0 Å². The molecule has 0 bridgehead atoms. The van der Waals surface area contributed by atoms with Crippen molar-refractivity contribution in [2.75, 3.05) is 39.8 Å². The number of rotatable bonds is 4. The van der Waals surface area contributed by atoms with E-state index in [0.717, 1.165) is 44.5 Å². The SMILES string of the molecule is COc1nccc2ccc(CCN3CCNCC3)cc12. The number of hydrogen-bond acceptors (Lipinski definition) is 4. The van der Waals surface area contributed by atoms with Gasteiger partial charge in [0.05, 0.1) is 7.11 Å². The van der Waals surface area contributed by atoms with Crippen molar-refractivity contribution in [2.24, 2.45) is 0 Å². The van der Waals surface area contributed by atoms with Crippen LogP contribution < -0.4 is 10.1 Å². The van der Waals surface area contributed by atoms with Crippen LogP contribution in [0.3, 0.4) is 0 Å². The molecular formula is C16H21N3O. The molecule has 4 nitrogen and oxygen atoms in total. The Morgan fingerprint density at radius 2 is 2.10 bits per heavy atom. The van der Waals surface area contributed by atoms with Crippen LogP contribution >= 0.6 is 0 Å². The van der Waals surface area contributed by atoms with E-state index in [9.17, 15) is 0 Å². The molecule has 0 aliphatic carbocycles. The van der Waals surface area contributed by atoms with Crippen molar-refractivity contribution in [3.63, 3.8) is 0 Å². The van der Waals surface area contributed by atoms with Crippen LogP contribution in [0.1, 0.15) is 5.56 Å². The van der Waals surface area contributed by atoms with Crippen molar-refractivity contribution in [3.05, 3.63) is 36.0 Å². The maximum absolute atomic E-state index is 5.35. The normalized spacial score (nSPS) is 16.4. The highest BCUT2D eigenvalue weighted by Gasteiger charge is 2.09. The zero-order chi connectivity index (χ0) is 13.8. The van der Waals surface area contributed by atoms with Gasteiger partial charge in [-0.05, 0) is 29.5 Å². The first-order chi connectivity index (χ1) is 9.86. The van der Waals surface area contributed by atoms with Gasteiger partial charge in [-0.25, -0.2) is 4.98 Å².